The van der Waals surface area contributed by atoms with E-state index < -0.39 is 0 Å². The summed E-state index contributed by atoms with van der Waals surface area (Å²) in [6, 6.07) is 5.75. The van der Waals surface area contributed by atoms with Crippen LogP contribution in [0.25, 0.3) is 0 Å². The molecule has 0 amide bonds. The van der Waals surface area contributed by atoms with Crippen LogP contribution in [0.3, 0.4) is 0 Å². The van der Waals surface area contributed by atoms with Crippen molar-refractivity contribution in [3.63, 3.8) is 0 Å². The van der Waals surface area contributed by atoms with Gasteiger partial charge in [0.2, 0.25) is 0 Å². The Balaban J connectivity index is 2.19. The van der Waals surface area contributed by atoms with E-state index in [0.717, 1.165) is 21.5 Å². The second-order valence-corrected chi connectivity index (χ2v) is 5.12. The summed E-state index contributed by atoms with van der Waals surface area (Å²) < 4.78 is 2.79. The summed E-state index contributed by atoms with van der Waals surface area (Å²) in [5, 5.41) is 11.1. The molecule has 0 fully saturated rings. The molecule has 2 rings (SSSR count). The van der Waals surface area contributed by atoms with Crippen LogP contribution in [0.4, 0.5) is 5.69 Å². The first-order valence-corrected chi connectivity index (χ1v) is 6.44. The van der Waals surface area contributed by atoms with Crippen molar-refractivity contribution in [1.82, 2.24) is 14.8 Å². The van der Waals surface area contributed by atoms with Crippen molar-refractivity contribution in [3.8, 4) is 0 Å². The summed E-state index contributed by atoms with van der Waals surface area (Å²) in [5.74, 6) is 0.840. The van der Waals surface area contributed by atoms with E-state index in [1.165, 1.54) is 0 Å². The van der Waals surface area contributed by atoms with Crippen LogP contribution in [0.5, 0.6) is 0 Å². The average Bonchev–Trinajstić information content (AvgIpc) is 2.73. The molecule has 18 heavy (non-hydrogen) atoms. The molecule has 1 aromatic carbocycles. The van der Waals surface area contributed by atoms with Gasteiger partial charge in [-0.25, -0.2) is 0 Å². The number of anilines is 1. The molecular weight excluding hydrogens is 314 g/mol. The third kappa shape index (κ3) is 2.85. The van der Waals surface area contributed by atoms with E-state index in [-0.39, 0.29) is 0 Å². The third-order valence-corrected chi connectivity index (χ3v) is 3.20. The maximum atomic E-state index is 5.70. The molecule has 7 heteroatoms. The van der Waals surface area contributed by atoms with Crippen LogP contribution < -0.4 is 11.1 Å². The van der Waals surface area contributed by atoms with E-state index in [4.69, 9.17) is 18.0 Å². The van der Waals surface area contributed by atoms with Gasteiger partial charge in [-0.3, -0.25) is 0 Å². The van der Waals surface area contributed by atoms with Crippen LogP contribution in [-0.4, -0.2) is 19.8 Å². The van der Waals surface area contributed by atoms with E-state index in [9.17, 15) is 0 Å². The third-order valence-electron chi connectivity index (χ3n) is 2.49. The van der Waals surface area contributed by atoms with Gasteiger partial charge in [0, 0.05) is 22.8 Å². The zero-order valence-corrected chi connectivity index (χ0v) is 12.1. The number of hydrogen-bond donors (Lipinski definition) is 2. The molecule has 0 spiro atoms. The van der Waals surface area contributed by atoms with Gasteiger partial charge < -0.3 is 15.6 Å². The number of nitrogens with one attached hydrogen (secondary N) is 1. The monoisotopic (exact) mass is 325 g/mol. The summed E-state index contributed by atoms with van der Waals surface area (Å²) in [7, 11) is 1.90. The summed E-state index contributed by atoms with van der Waals surface area (Å²) in [6.07, 6.45) is 1.66. The van der Waals surface area contributed by atoms with Crippen molar-refractivity contribution in [3.05, 3.63) is 40.4 Å². The molecular formula is C11H12BrN5S. The molecule has 0 atom stereocenters. The van der Waals surface area contributed by atoms with E-state index in [2.05, 4.69) is 31.4 Å². The summed E-state index contributed by atoms with van der Waals surface area (Å²) >= 11 is 8.43. The van der Waals surface area contributed by atoms with Crippen LogP contribution in [0, 0.1) is 0 Å². The lowest BCUT2D eigenvalue weighted by Crippen LogP contribution is -2.14. The maximum Gasteiger partial charge on any atom is 0.151 e. The molecule has 0 saturated carbocycles. The molecule has 1 heterocycles. The Morgan fingerprint density at radius 2 is 2.33 bits per heavy atom. The van der Waals surface area contributed by atoms with Crippen molar-refractivity contribution in [2.45, 2.75) is 6.54 Å². The number of halogens is 1. The highest BCUT2D eigenvalue weighted by molar-refractivity contribution is 9.10. The predicted molar refractivity (Wildman–Crippen MR) is 78.4 cm³/mol. The van der Waals surface area contributed by atoms with Crippen molar-refractivity contribution in [2.24, 2.45) is 12.8 Å². The van der Waals surface area contributed by atoms with Crippen molar-refractivity contribution in [2.75, 3.05) is 5.32 Å². The lowest BCUT2D eigenvalue weighted by Gasteiger charge is -2.11. The largest absolute Gasteiger partial charge is 0.389 e. The van der Waals surface area contributed by atoms with Gasteiger partial charge in [0.25, 0.3) is 0 Å². The molecule has 5 nitrogen and oxygen atoms in total. The minimum absolute atomic E-state index is 0.358. The van der Waals surface area contributed by atoms with Gasteiger partial charge in [-0.2, -0.15) is 0 Å². The first-order chi connectivity index (χ1) is 8.58. The molecule has 0 unspecified atom stereocenters. The number of aromatic nitrogens is 3. The van der Waals surface area contributed by atoms with Gasteiger partial charge in [0.05, 0.1) is 6.54 Å². The van der Waals surface area contributed by atoms with Crippen LogP contribution in [0.1, 0.15) is 11.4 Å². The topological polar surface area (TPSA) is 68.8 Å². The number of thiocarbonyl (C=S) groups is 1. The van der Waals surface area contributed by atoms with Gasteiger partial charge >= 0.3 is 0 Å². The Bertz CT molecular complexity index is 581. The fraction of sp³-hybridized carbons (Fsp3) is 0.182. The molecule has 94 valence electrons. The first-order valence-electron chi connectivity index (χ1n) is 5.24. The summed E-state index contributed by atoms with van der Waals surface area (Å²) in [4.78, 5) is 0.358. The summed E-state index contributed by atoms with van der Waals surface area (Å²) in [6.45, 7) is 0.563. The molecule has 0 saturated heterocycles. The van der Waals surface area contributed by atoms with E-state index in [1.807, 2.05) is 29.8 Å². The van der Waals surface area contributed by atoms with Crippen LogP contribution in [0.2, 0.25) is 0 Å². The first kappa shape index (κ1) is 13.0. The van der Waals surface area contributed by atoms with Gasteiger partial charge in [-0.05, 0) is 18.2 Å². The highest BCUT2D eigenvalue weighted by Gasteiger charge is 2.07. The van der Waals surface area contributed by atoms with Gasteiger partial charge in [0.15, 0.2) is 5.82 Å². The minimum atomic E-state index is 0.358. The standard InChI is InChI=1S/C11H12BrN5S/c1-17-6-15-16-10(17)5-14-9-3-2-7(12)4-8(9)11(13)18/h2-4,6,14H,5H2,1H3,(H2,13,18). The lowest BCUT2D eigenvalue weighted by atomic mass is 10.2. The van der Waals surface area contributed by atoms with E-state index in [0.29, 0.717) is 11.5 Å². The molecule has 0 aliphatic rings. The van der Waals surface area contributed by atoms with Crippen LogP contribution in [0.15, 0.2) is 29.0 Å². The maximum absolute atomic E-state index is 5.70. The summed E-state index contributed by atoms with van der Waals surface area (Å²) in [5.41, 5.74) is 7.39. The molecule has 1 aromatic heterocycles. The van der Waals surface area contributed by atoms with E-state index >= 15 is 0 Å². The minimum Gasteiger partial charge on any atom is -0.389 e. The smallest absolute Gasteiger partial charge is 0.151 e. The Hall–Kier alpha value is -1.47. The average molecular weight is 326 g/mol. The van der Waals surface area contributed by atoms with Crippen molar-refractivity contribution < 1.29 is 0 Å². The number of nitrogens with zero attached hydrogens (tertiary/aromatic N) is 3. The highest BCUT2D eigenvalue weighted by atomic mass is 79.9. The Morgan fingerprint density at radius 1 is 1.56 bits per heavy atom. The fourth-order valence-corrected chi connectivity index (χ4v) is 2.05. The molecule has 0 bridgehead atoms. The number of benzene rings is 1. The second-order valence-electron chi connectivity index (χ2n) is 3.77. The van der Waals surface area contributed by atoms with Crippen molar-refractivity contribution >= 4 is 38.8 Å². The lowest BCUT2D eigenvalue weighted by molar-refractivity contribution is 0.812. The number of nitrogens with two attached hydrogens (primary N) is 1. The zero-order chi connectivity index (χ0) is 13.1. The SMILES string of the molecule is Cn1cnnc1CNc1ccc(Br)cc1C(N)=S. The fourth-order valence-electron chi connectivity index (χ4n) is 1.52. The Kier molecular flexibility index (Phi) is 3.93. The van der Waals surface area contributed by atoms with Crippen LogP contribution in [-0.2, 0) is 13.6 Å². The highest BCUT2D eigenvalue weighted by Crippen LogP contribution is 2.21. The Labute approximate surface area is 119 Å². The van der Waals surface area contributed by atoms with Gasteiger partial charge in [0.1, 0.15) is 11.3 Å². The molecule has 0 aliphatic heterocycles. The van der Waals surface area contributed by atoms with E-state index in [1.54, 1.807) is 6.33 Å². The quantitative estimate of drug-likeness (QED) is 0.839. The van der Waals surface area contributed by atoms with Crippen LogP contribution >= 0.6 is 28.1 Å². The predicted octanol–water partition coefficient (Wildman–Crippen LogP) is 1.82. The zero-order valence-electron chi connectivity index (χ0n) is 9.72. The number of hydrogen-bond acceptors (Lipinski definition) is 4. The molecule has 0 radical (unpaired) electrons. The molecule has 2 aromatic rings. The Morgan fingerprint density at radius 3 is 2.94 bits per heavy atom. The molecule has 3 N–H and O–H groups in total. The number of aryl methyl sites for hydroxylation is 1. The number of rotatable bonds is 4. The normalized spacial score (nSPS) is 10.3. The molecule has 0 aliphatic carbocycles. The van der Waals surface area contributed by atoms with Crippen molar-refractivity contribution in [1.29, 1.82) is 0 Å². The second kappa shape index (κ2) is 5.45. The van der Waals surface area contributed by atoms with Gasteiger partial charge in [-0.15, -0.1) is 10.2 Å². The van der Waals surface area contributed by atoms with Gasteiger partial charge in [-0.1, -0.05) is 28.1 Å².